The molecule has 0 aliphatic heterocycles. The SMILES string of the molecule is Cc1cc2c(c(-c3c(-c4ccccc4)nnnc3-c3c(-c4ccccc4-c4ccccc4)ccc4[se]c5ccccc5c34)c1C)Cc1ccccc1-2. The van der Waals surface area contributed by atoms with Crippen molar-refractivity contribution in [2.45, 2.75) is 20.3 Å². The van der Waals surface area contributed by atoms with Crippen LogP contribution in [0.3, 0.4) is 0 Å². The Morgan fingerprint density at radius 3 is 1.94 bits per heavy atom. The predicted molar refractivity (Wildman–Crippen MR) is 217 cm³/mol. The monoisotopic (exact) mass is 731 g/mol. The molecule has 0 bridgehead atoms. The fraction of sp³-hybridized carbons (Fsp3) is 0.0625. The van der Waals surface area contributed by atoms with E-state index in [0.29, 0.717) is 0 Å². The molecule has 10 rings (SSSR count). The van der Waals surface area contributed by atoms with Gasteiger partial charge in [-0.15, -0.1) is 0 Å². The quantitative estimate of drug-likeness (QED) is 0.166. The Labute approximate surface area is 309 Å². The Kier molecular flexibility index (Phi) is 7.35. The summed E-state index contributed by atoms with van der Waals surface area (Å²) in [4.78, 5) is 0. The van der Waals surface area contributed by atoms with Crippen molar-refractivity contribution in [3.05, 3.63) is 174 Å². The Bertz CT molecular complexity index is 2840. The average Bonchev–Trinajstić information content (AvgIpc) is 3.77. The van der Waals surface area contributed by atoms with Crippen molar-refractivity contribution >= 4 is 33.8 Å². The molecule has 0 unspecified atom stereocenters. The molecule has 2 heterocycles. The summed E-state index contributed by atoms with van der Waals surface area (Å²) < 4.78 is 2.77. The molecule has 0 atom stereocenters. The Morgan fingerprint density at radius 2 is 1.13 bits per heavy atom. The number of hydrogen-bond acceptors (Lipinski definition) is 3. The molecule has 0 saturated heterocycles. The van der Waals surface area contributed by atoms with E-state index in [-0.39, 0.29) is 14.5 Å². The summed E-state index contributed by atoms with van der Waals surface area (Å²) in [6, 6.07) is 54.9. The maximum absolute atomic E-state index is 5.14. The van der Waals surface area contributed by atoms with Gasteiger partial charge in [-0.2, -0.15) is 0 Å². The molecule has 7 aromatic carbocycles. The maximum atomic E-state index is 5.14. The summed E-state index contributed by atoms with van der Waals surface area (Å²) in [6.07, 6.45) is 0.862. The van der Waals surface area contributed by atoms with Crippen molar-refractivity contribution in [2.24, 2.45) is 0 Å². The van der Waals surface area contributed by atoms with E-state index in [2.05, 4.69) is 171 Å². The number of hydrogen-bond donors (Lipinski definition) is 0. The molecule has 4 heteroatoms. The molecule has 52 heavy (non-hydrogen) atoms. The van der Waals surface area contributed by atoms with Crippen molar-refractivity contribution in [3.63, 3.8) is 0 Å². The molecular weight excluding hydrogens is 698 g/mol. The number of aromatic nitrogens is 3. The summed E-state index contributed by atoms with van der Waals surface area (Å²) in [6.45, 7) is 4.51. The van der Waals surface area contributed by atoms with Gasteiger partial charge in [0.05, 0.1) is 0 Å². The van der Waals surface area contributed by atoms with E-state index in [0.717, 1.165) is 40.1 Å². The van der Waals surface area contributed by atoms with Crippen LogP contribution in [-0.4, -0.2) is 29.9 Å². The molecule has 0 saturated carbocycles. The molecule has 0 radical (unpaired) electrons. The number of rotatable bonds is 5. The second-order valence-electron chi connectivity index (χ2n) is 13.7. The Balaban J connectivity index is 1.38. The van der Waals surface area contributed by atoms with Gasteiger partial charge in [0, 0.05) is 0 Å². The zero-order valence-corrected chi connectivity index (χ0v) is 30.6. The first-order valence-corrected chi connectivity index (χ1v) is 19.5. The van der Waals surface area contributed by atoms with Gasteiger partial charge < -0.3 is 0 Å². The molecule has 1 aliphatic carbocycles. The molecule has 2 aromatic heterocycles. The molecule has 9 aromatic rings. The molecule has 246 valence electrons. The predicted octanol–water partition coefficient (Wildman–Crippen LogP) is 11.8. The minimum absolute atomic E-state index is 0.170. The van der Waals surface area contributed by atoms with Crippen LogP contribution in [0.2, 0.25) is 0 Å². The molecule has 0 fully saturated rings. The van der Waals surface area contributed by atoms with Gasteiger partial charge in [0.15, 0.2) is 0 Å². The van der Waals surface area contributed by atoms with Crippen LogP contribution in [0.1, 0.15) is 22.3 Å². The number of benzene rings is 7. The van der Waals surface area contributed by atoms with Gasteiger partial charge in [0.25, 0.3) is 0 Å². The first-order chi connectivity index (χ1) is 25.7. The second-order valence-corrected chi connectivity index (χ2v) is 15.9. The third kappa shape index (κ3) is 4.83. The van der Waals surface area contributed by atoms with Crippen LogP contribution in [0.5, 0.6) is 0 Å². The zero-order chi connectivity index (χ0) is 34.8. The Morgan fingerprint density at radius 1 is 0.481 bits per heavy atom. The average molecular weight is 731 g/mol. The summed E-state index contributed by atoms with van der Waals surface area (Å²) in [5.74, 6) is 0. The first kappa shape index (κ1) is 30.9. The van der Waals surface area contributed by atoms with Crippen molar-refractivity contribution in [1.82, 2.24) is 15.4 Å². The second kappa shape index (κ2) is 12.4. The van der Waals surface area contributed by atoms with Gasteiger partial charge >= 0.3 is 310 Å². The van der Waals surface area contributed by atoms with Crippen molar-refractivity contribution < 1.29 is 0 Å². The summed E-state index contributed by atoms with van der Waals surface area (Å²) in [7, 11) is 0. The van der Waals surface area contributed by atoms with E-state index in [9.17, 15) is 0 Å². The van der Waals surface area contributed by atoms with Gasteiger partial charge in [0.1, 0.15) is 0 Å². The van der Waals surface area contributed by atoms with E-state index in [1.54, 1.807) is 0 Å². The molecule has 0 spiro atoms. The van der Waals surface area contributed by atoms with Crippen molar-refractivity contribution in [2.75, 3.05) is 0 Å². The van der Waals surface area contributed by atoms with Gasteiger partial charge in [0.2, 0.25) is 0 Å². The molecule has 0 amide bonds. The van der Waals surface area contributed by atoms with Gasteiger partial charge in [-0.3, -0.25) is 0 Å². The third-order valence-electron chi connectivity index (χ3n) is 10.8. The van der Waals surface area contributed by atoms with Crippen LogP contribution in [-0.2, 0) is 6.42 Å². The normalized spacial score (nSPS) is 12.0. The van der Waals surface area contributed by atoms with E-state index in [1.807, 2.05) is 0 Å². The number of fused-ring (bicyclic) bond motifs is 6. The minimum atomic E-state index is 0.170. The summed E-state index contributed by atoms with van der Waals surface area (Å²) in [5.41, 5.74) is 18.7. The Hall–Kier alpha value is -5.93. The third-order valence-corrected chi connectivity index (χ3v) is 13.2. The fourth-order valence-corrected chi connectivity index (χ4v) is 10.6. The number of nitrogens with zero attached hydrogens (tertiary/aromatic N) is 3. The zero-order valence-electron chi connectivity index (χ0n) is 28.9. The standard InChI is InChI=1S/C48H33N3Se/c1-29-27-39-35-21-10-9-19-33(35)28-40(39)43(30(29)2)46-47(32-17-7-4-8-18-32)49-51-50-48(46)45-37(25-26-42-44(45)38-23-13-14-24-41(38)52-42)36-22-12-11-20-34(36)31-15-5-3-6-16-31/h3-27H,28H2,1-2H3. The van der Waals surface area contributed by atoms with Gasteiger partial charge in [-0.25, -0.2) is 0 Å². The van der Waals surface area contributed by atoms with Gasteiger partial charge in [-0.1, -0.05) is 0 Å². The van der Waals surface area contributed by atoms with Crippen LogP contribution in [0.15, 0.2) is 152 Å². The number of aryl methyl sites for hydroxylation is 1. The fourth-order valence-electron chi connectivity index (χ4n) is 8.27. The molecule has 3 nitrogen and oxygen atoms in total. The topological polar surface area (TPSA) is 38.7 Å². The molecule has 1 aliphatic rings. The molecular formula is C48H33N3Se. The van der Waals surface area contributed by atoms with Crippen LogP contribution >= 0.6 is 0 Å². The first-order valence-electron chi connectivity index (χ1n) is 17.8. The van der Waals surface area contributed by atoms with E-state index in [4.69, 9.17) is 10.2 Å². The van der Waals surface area contributed by atoms with E-state index < -0.39 is 0 Å². The summed E-state index contributed by atoms with van der Waals surface area (Å²) in [5, 5.41) is 17.2. The van der Waals surface area contributed by atoms with Crippen LogP contribution in [0.25, 0.3) is 86.3 Å². The van der Waals surface area contributed by atoms with E-state index in [1.165, 1.54) is 74.9 Å². The van der Waals surface area contributed by atoms with Crippen LogP contribution in [0, 0.1) is 13.8 Å². The van der Waals surface area contributed by atoms with E-state index >= 15 is 0 Å². The van der Waals surface area contributed by atoms with Crippen LogP contribution < -0.4 is 0 Å². The summed E-state index contributed by atoms with van der Waals surface area (Å²) >= 11 is 0.170. The van der Waals surface area contributed by atoms with Crippen molar-refractivity contribution in [3.8, 4) is 67.0 Å². The van der Waals surface area contributed by atoms with Crippen LogP contribution in [0.4, 0.5) is 0 Å². The molecule has 0 N–H and O–H groups in total. The van der Waals surface area contributed by atoms with Gasteiger partial charge in [-0.05, 0) is 0 Å². The van der Waals surface area contributed by atoms with Crippen molar-refractivity contribution in [1.29, 1.82) is 0 Å².